The van der Waals surface area contributed by atoms with E-state index in [1.54, 1.807) is 48.5 Å². The molecular formula is C25H16Br2N2O6. The Hall–Kier alpha value is -3.76. The first-order valence-corrected chi connectivity index (χ1v) is 11.7. The predicted molar refractivity (Wildman–Crippen MR) is 135 cm³/mol. The van der Waals surface area contributed by atoms with Crippen LogP contribution in [0.5, 0.6) is 11.5 Å². The van der Waals surface area contributed by atoms with Crippen LogP contribution in [0, 0.1) is 0 Å². The van der Waals surface area contributed by atoms with Gasteiger partial charge in [-0.15, -0.1) is 0 Å². The summed E-state index contributed by atoms with van der Waals surface area (Å²) < 4.78 is 12.1. The molecule has 0 atom stereocenters. The van der Waals surface area contributed by atoms with Crippen LogP contribution in [0.3, 0.4) is 0 Å². The summed E-state index contributed by atoms with van der Waals surface area (Å²) in [7, 11) is 1.45. The summed E-state index contributed by atoms with van der Waals surface area (Å²) in [5.41, 5.74) is 0.507. The van der Waals surface area contributed by atoms with Gasteiger partial charge < -0.3 is 9.47 Å². The van der Waals surface area contributed by atoms with E-state index < -0.39 is 23.8 Å². The van der Waals surface area contributed by atoms with Crippen LogP contribution < -0.4 is 19.7 Å². The van der Waals surface area contributed by atoms with E-state index in [1.807, 2.05) is 0 Å². The lowest BCUT2D eigenvalue weighted by atomic mass is 10.1. The van der Waals surface area contributed by atoms with Crippen molar-refractivity contribution >= 4 is 67.4 Å². The summed E-state index contributed by atoms with van der Waals surface area (Å²) in [4.78, 5) is 51.8. The van der Waals surface area contributed by atoms with Crippen LogP contribution >= 0.6 is 31.9 Å². The minimum atomic E-state index is -0.887. The molecule has 4 amide bonds. The molecule has 8 nitrogen and oxygen atoms in total. The van der Waals surface area contributed by atoms with Gasteiger partial charge in [0.1, 0.15) is 17.1 Å². The van der Waals surface area contributed by atoms with Gasteiger partial charge in [0.05, 0.1) is 18.4 Å². The van der Waals surface area contributed by atoms with E-state index in [1.165, 1.54) is 31.4 Å². The minimum absolute atomic E-state index is 0.124. The van der Waals surface area contributed by atoms with Gasteiger partial charge in [0.2, 0.25) is 0 Å². The first-order valence-electron chi connectivity index (χ1n) is 10.1. The average molecular weight is 600 g/mol. The standard InChI is InChI=1S/C25H16Br2N2O6/c1-34-19-4-2-3-18(13-19)29-23(31)20(22(30)28-25(29)33)12-15-11-17(27)9-10-21(15)35-24(32)14-5-7-16(26)8-6-14/h2-13H,1H3,(H,28,30,33)/b20-12-. The Kier molecular flexibility index (Phi) is 7.13. The number of hydrogen-bond donors (Lipinski definition) is 1. The lowest BCUT2D eigenvalue weighted by molar-refractivity contribution is -0.122. The molecule has 0 radical (unpaired) electrons. The van der Waals surface area contributed by atoms with E-state index in [0.29, 0.717) is 15.8 Å². The normalized spacial score (nSPS) is 14.7. The molecule has 0 aliphatic carbocycles. The molecule has 1 aliphatic rings. The Bertz CT molecular complexity index is 1380. The second-order valence-electron chi connectivity index (χ2n) is 7.24. The summed E-state index contributed by atoms with van der Waals surface area (Å²) in [6, 6.07) is 16.8. The van der Waals surface area contributed by atoms with Crippen LogP contribution in [-0.2, 0) is 9.59 Å². The molecule has 3 aromatic rings. The molecule has 0 spiro atoms. The zero-order chi connectivity index (χ0) is 25.1. The number of methoxy groups -OCH3 is 1. The average Bonchev–Trinajstić information content (AvgIpc) is 2.83. The number of urea groups is 1. The van der Waals surface area contributed by atoms with Crippen LogP contribution in [0.15, 0.2) is 81.2 Å². The van der Waals surface area contributed by atoms with E-state index in [2.05, 4.69) is 37.2 Å². The van der Waals surface area contributed by atoms with E-state index in [9.17, 15) is 19.2 Å². The van der Waals surface area contributed by atoms with Gasteiger partial charge in [-0.1, -0.05) is 37.9 Å². The van der Waals surface area contributed by atoms with Crippen molar-refractivity contribution in [1.82, 2.24) is 5.32 Å². The minimum Gasteiger partial charge on any atom is -0.497 e. The van der Waals surface area contributed by atoms with E-state index in [-0.39, 0.29) is 22.6 Å². The van der Waals surface area contributed by atoms with Crippen LogP contribution in [0.1, 0.15) is 15.9 Å². The third-order valence-corrected chi connectivity index (χ3v) is 5.99. The topological polar surface area (TPSA) is 102 Å². The zero-order valence-corrected chi connectivity index (χ0v) is 21.3. The van der Waals surface area contributed by atoms with Gasteiger partial charge in [0, 0.05) is 20.6 Å². The second kappa shape index (κ2) is 10.2. The lowest BCUT2D eigenvalue weighted by Gasteiger charge is -2.26. The van der Waals surface area contributed by atoms with Crippen molar-refractivity contribution in [2.45, 2.75) is 0 Å². The van der Waals surface area contributed by atoms with Crippen LogP contribution in [0.25, 0.3) is 6.08 Å². The number of nitrogens with zero attached hydrogens (tertiary/aromatic N) is 1. The van der Waals surface area contributed by atoms with Gasteiger partial charge >= 0.3 is 12.0 Å². The predicted octanol–water partition coefficient (Wildman–Crippen LogP) is 5.11. The van der Waals surface area contributed by atoms with Crippen molar-refractivity contribution in [3.8, 4) is 11.5 Å². The Labute approximate surface area is 216 Å². The van der Waals surface area contributed by atoms with Crippen LogP contribution in [0.2, 0.25) is 0 Å². The maximum Gasteiger partial charge on any atom is 0.343 e. The molecule has 0 aromatic heterocycles. The van der Waals surface area contributed by atoms with Crippen molar-refractivity contribution in [3.63, 3.8) is 0 Å². The maximum atomic E-state index is 13.2. The Morgan fingerprint density at radius 3 is 2.37 bits per heavy atom. The number of esters is 1. The van der Waals surface area contributed by atoms with Crippen molar-refractivity contribution in [3.05, 3.63) is 92.4 Å². The van der Waals surface area contributed by atoms with Gasteiger partial charge in [0.25, 0.3) is 11.8 Å². The molecule has 1 saturated heterocycles. The molecule has 10 heteroatoms. The summed E-state index contributed by atoms with van der Waals surface area (Å²) in [5, 5.41) is 2.17. The number of imide groups is 2. The third kappa shape index (κ3) is 5.33. The molecule has 0 saturated carbocycles. The second-order valence-corrected chi connectivity index (χ2v) is 9.07. The van der Waals surface area contributed by atoms with E-state index in [0.717, 1.165) is 9.37 Å². The first-order chi connectivity index (χ1) is 16.8. The van der Waals surface area contributed by atoms with Gasteiger partial charge in [-0.05, 0) is 60.7 Å². The van der Waals surface area contributed by atoms with Gasteiger partial charge in [0.15, 0.2) is 0 Å². The highest BCUT2D eigenvalue weighted by atomic mass is 79.9. The quantitative estimate of drug-likeness (QED) is 0.189. The highest BCUT2D eigenvalue weighted by Gasteiger charge is 2.37. The molecule has 4 rings (SSSR count). The third-order valence-electron chi connectivity index (χ3n) is 4.97. The van der Waals surface area contributed by atoms with Crippen molar-refractivity contribution in [2.24, 2.45) is 0 Å². The van der Waals surface area contributed by atoms with E-state index >= 15 is 0 Å². The van der Waals surface area contributed by atoms with Gasteiger partial charge in [-0.25, -0.2) is 14.5 Å². The Morgan fingerprint density at radius 1 is 0.943 bits per heavy atom. The number of amides is 4. The smallest absolute Gasteiger partial charge is 0.343 e. The van der Waals surface area contributed by atoms with Crippen molar-refractivity contribution in [1.29, 1.82) is 0 Å². The number of benzene rings is 3. The summed E-state index contributed by atoms with van der Waals surface area (Å²) in [6.07, 6.45) is 1.27. The lowest BCUT2D eigenvalue weighted by Crippen LogP contribution is -2.54. The molecular weight excluding hydrogens is 584 g/mol. The summed E-state index contributed by atoms with van der Waals surface area (Å²) in [6.45, 7) is 0. The fourth-order valence-electron chi connectivity index (χ4n) is 3.27. The SMILES string of the molecule is COc1cccc(N2C(=O)NC(=O)/C(=C/c3cc(Br)ccc3OC(=O)c3ccc(Br)cc3)C2=O)c1. The largest absolute Gasteiger partial charge is 0.497 e. The fourth-order valence-corrected chi connectivity index (χ4v) is 3.91. The molecule has 1 N–H and O–H groups in total. The highest BCUT2D eigenvalue weighted by Crippen LogP contribution is 2.29. The number of halogens is 2. The number of ether oxygens (including phenoxy) is 2. The fraction of sp³-hybridized carbons (Fsp3) is 0.0400. The number of carbonyl (C=O) groups is 4. The van der Waals surface area contributed by atoms with Gasteiger partial charge in [-0.2, -0.15) is 0 Å². The molecule has 176 valence electrons. The van der Waals surface area contributed by atoms with Gasteiger partial charge in [-0.3, -0.25) is 14.9 Å². The summed E-state index contributed by atoms with van der Waals surface area (Å²) >= 11 is 6.66. The van der Waals surface area contributed by atoms with Crippen LogP contribution in [-0.4, -0.2) is 30.9 Å². The number of nitrogens with one attached hydrogen (secondary N) is 1. The first kappa shape index (κ1) is 24.4. The molecule has 1 fully saturated rings. The highest BCUT2D eigenvalue weighted by molar-refractivity contribution is 9.10. The number of hydrogen-bond acceptors (Lipinski definition) is 6. The molecule has 35 heavy (non-hydrogen) atoms. The number of carbonyl (C=O) groups excluding carboxylic acids is 4. The van der Waals surface area contributed by atoms with Crippen LogP contribution in [0.4, 0.5) is 10.5 Å². The Morgan fingerprint density at radius 2 is 1.66 bits per heavy atom. The molecule has 3 aromatic carbocycles. The van der Waals surface area contributed by atoms with E-state index in [4.69, 9.17) is 9.47 Å². The number of barbiturate groups is 1. The molecule has 0 bridgehead atoms. The Balaban J connectivity index is 1.70. The van der Waals surface area contributed by atoms with Crippen molar-refractivity contribution < 1.29 is 28.7 Å². The maximum absolute atomic E-state index is 13.2. The number of rotatable bonds is 5. The van der Waals surface area contributed by atoms with Crippen molar-refractivity contribution in [2.75, 3.05) is 12.0 Å². The molecule has 1 heterocycles. The molecule has 0 unspecified atom stereocenters. The zero-order valence-electron chi connectivity index (χ0n) is 18.1. The number of anilines is 1. The summed E-state index contributed by atoms with van der Waals surface area (Å²) in [5.74, 6) is -1.77. The molecule has 1 aliphatic heterocycles. The monoisotopic (exact) mass is 598 g/mol.